The zero-order valence-corrected chi connectivity index (χ0v) is 10.8. The van der Waals surface area contributed by atoms with Crippen LogP contribution in [0.2, 0.25) is 0 Å². The van der Waals surface area contributed by atoms with Crippen molar-refractivity contribution in [3.63, 3.8) is 0 Å². The van der Waals surface area contributed by atoms with Crippen LogP contribution in [0.5, 0.6) is 0 Å². The van der Waals surface area contributed by atoms with Crippen LogP contribution in [0.1, 0.15) is 6.42 Å². The van der Waals surface area contributed by atoms with Crippen LogP contribution in [0.25, 0.3) is 5.53 Å². The van der Waals surface area contributed by atoms with Crippen molar-refractivity contribution in [2.75, 3.05) is 5.32 Å². The maximum atomic E-state index is 8.87. The number of allylic oxidation sites excluding steroid dienone is 3. The van der Waals surface area contributed by atoms with Gasteiger partial charge < -0.3 is 25.2 Å². The second kappa shape index (κ2) is 6.27. The molecule has 6 nitrogen and oxygen atoms in total. The summed E-state index contributed by atoms with van der Waals surface area (Å²) in [6.45, 7) is 0. The van der Waals surface area contributed by atoms with Gasteiger partial charge in [-0.25, -0.2) is 0 Å². The fourth-order valence-corrected chi connectivity index (χ4v) is 1.96. The number of rotatable bonds is 4. The summed E-state index contributed by atoms with van der Waals surface area (Å²) < 4.78 is 4.83. The van der Waals surface area contributed by atoms with Gasteiger partial charge in [-0.15, -0.1) is 0 Å². The second-order valence-corrected chi connectivity index (χ2v) is 4.44. The van der Waals surface area contributed by atoms with Gasteiger partial charge in [0.1, 0.15) is 0 Å². The Hall–Kier alpha value is -1.97. The Labute approximate surface area is 111 Å². The van der Waals surface area contributed by atoms with Gasteiger partial charge in [-0.05, 0) is 18.2 Å². The molecule has 19 heavy (non-hydrogen) atoms. The van der Waals surface area contributed by atoms with Crippen LogP contribution in [-0.4, -0.2) is 20.3 Å². The molecule has 3 N–H and O–H groups in total. The van der Waals surface area contributed by atoms with Crippen molar-refractivity contribution < 1.29 is 19.1 Å². The summed E-state index contributed by atoms with van der Waals surface area (Å²) in [7, 11) is -2.55. The standard InChI is InChI=1S/C12H12N3O3P/c13-15-11-7-6-10(8-12(11)18-19(16)17)14-9-4-2-1-3-5-9/h1-6,8,14,16-17H,7H2. The summed E-state index contributed by atoms with van der Waals surface area (Å²) in [5, 5.41) is 3.14. The molecule has 0 saturated heterocycles. The molecule has 7 heteroatoms. The van der Waals surface area contributed by atoms with Gasteiger partial charge in [0.05, 0.1) is 6.42 Å². The van der Waals surface area contributed by atoms with Gasteiger partial charge in [0.2, 0.25) is 5.76 Å². The van der Waals surface area contributed by atoms with E-state index in [0.717, 1.165) is 11.4 Å². The highest BCUT2D eigenvalue weighted by Gasteiger charge is 2.23. The van der Waals surface area contributed by atoms with Gasteiger partial charge in [0.15, 0.2) is 0 Å². The number of hydrogen-bond donors (Lipinski definition) is 3. The highest BCUT2D eigenvalue weighted by Crippen LogP contribution is 2.31. The van der Waals surface area contributed by atoms with E-state index >= 15 is 0 Å². The molecule has 0 amide bonds. The molecule has 98 valence electrons. The summed E-state index contributed by atoms with van der Waals surface area (Å²) in [5.41, 5.74) is 10.7. The molecule has 0 aromatic heterocycles. The molecule has 0 atom stereocenters. The molecule has 1 aliphatic carbocycles. The molecule has 0 aliphatic heterocycles. The Kier molecular flexibility index (Phi) is 4.44. The number of nitrogens with zero attached hydrogens (tertiary/aromatic N) is 2. The number of hydrogen-bond acceptors (Lipinski definition) is 4. The Bertz CT molecular complexity index is 563. The molecule has 0 saturated carbocycles. The maximum absolute atomic E-state index is 8.87. The zero-order chi connectivity index (χ0) is 13.7. The molecule has 0 spiro atoms. The van der Waals surface area contributed by atoms with Crippen molar-refractivity contribution in [2.45, 2.75) is 6.42 Å². The zero-order valence-electron chi connectivity index (χ0n) is 9.89. The molecule has 0 radical (unpaired) electrons. The Morgan fingerprint density at radius 3 is 2.63 bits per heavy atom. The molecular weight excluding hydrogens is 265 g/mol. The number of anilines is 1. The normalized spacial score (nSPS) is 14.6. The average molecular weight is 277 g/mol. The first-order valence-corrected chi connectivity index (χ1v) is 6.66. The summed E-state index contributed by atoms with van der Waals surface area (Å²) in [4.78, 5) is 20.8. The molecule has 2 rings (SSSR count). The van der Waals surface area contributed by atoms with Crippen LogP contribution in [0.15, 0.2) is 53.9 Å². The highest BCUT2D eigenvalue weighted by molar-refractivity contribution is 7.39. The molecule has 1 aliphatic rings. The minimum atomic E-state index is -2.55. The quantitative estimate of drug-likeness (QED) is 0.446. The van der Waals surface area contributed by atoms with E-state index in [1.165, 1.54) is 0 Å². The van der Waals surface area contributed by atoms with E-state index in [2.05, 4.69) is 10.1 Å². The Morgan fingerprint density at radius 1 is 1.26 bits per heavy atom. The van der Waals surface area contributed by atoms with E-state index in [4.69, 9.17) is 19.8 Å². The number of nitrogens with one attached hydrogen (secondary N) is 1. The van der Waals surface area contributed by atoms with E-state index in [0.29, 0.717) is 6.42 Å². The van der Waals surface area contributed by atoms with Gasteiger partial charge in [-0.1, -0.05) is 18.2 Å². The van der Waals surface area contributed by atoms with Crippen molar-refractivity contribution in [1.29, 1.82) is 0 Å². The Morgan fingerprint density at radius 2 is 2.00 bits per heavy atom. The monoisotopic (exact) mass is 277 g/mol. The third-order valence-electron chi connectivity index (χ3n) is 2.45. The number of para-hydroxylation sites is 1. The lowest BCUT2D eigenvalue weighted by atomic mass is 10.1. The maximum Gasteiger partial charge on any atom is 0.391 e. The van der Waals surface area contributed by atoms with E-state index in [1.807, 2.05) is 36.4 Å². The van der Waals surface area contributed by atoms with Gasteiger partial charge in [0, 0.05) is 17.5 Å². The first-order chi connectivity index (χ1) is 9.19. The number of benzene rings is 1. The van der Waals surface area contributed by atoms with Gasteiger partial charge in [-0.3, -0.25) is 0 Å². The van der Waals surface area contributed by atoms with Gasteiger partial charge >= 0.3 is 14.3 Å². The van der Waals surface area contributed by atoms with Crippen LogP contribution in [0.4, 0.5) is 5.69 Å². The lowest BCUT2D eigenvalue weighted by Crippen LogP contribution is -2.12. The predicted molar refractivity (Wildman–Crippen MR) is 71.9 cm³/mol. The van der Waals surface area contributed by atoms with Crippen LogP contribution in [0, 0.1) is 0 Å². The lowest BCUT2D eigenvalue weighted by molar-refractivity contribution is -0.00959. The SMILES string of the molecule is [N-]=[N+]=C1CC=C(Nc2ccccc2)C=C1OP(O)O. The minimum Gasteiger partial charge on any atom is -0.419 e. The molecule has 1 aromatic carbocycles. The van der Waals surface area contributed by atoms with Crippen molar-refractivity contribution in [1.82, 2.24) is 0 Å². The third kappa shape index (κ3) is 3.74. The summed E-state index contributed by atoms with van der Waals surface area (Å²) in [6.07, 6.45) is 3.69. The predicted octanol–water partition coefficient (Wildman–Crippen LogP) is 2.17. The van der Waals surface area contributed by atoms with E-state index < -0.39 is 8.60 Å². The molecule has 0 unspecified atom stereocenters. The van der Waals surface area contributed by atoms with E-state index in [-0.39, 0.29) is 11.5 Å². The van der Waals surface area contributed by atoms with E-state index in [9.17, 15) is 0 Å². The first-order valence-electron chi connectivity index (χ1n) is 5.50. The van der Waals surface area contributed by atoms with Crippen LogP contribution >= 0.6 is 8.60 Å². The van der Waals surface area contributed by atoms with Gasteiger partial charge in [-0.2, -0.15) is 4.79 Å². The average Bonchev–Trinajstić information content (AvgIpc) is 2.39. The molecule has 0 fully saturated rings. The second-order valence-electron chi connectivity index (χ2n) is 3.75. The fourth-order valence-electron chi connectivity index (χ4n) is 1.62. The van der Waals surface area contributed by atoms with Crippen LogP contribution in [-0.2, 0) is 4.52 Å². The highest BCUT2D eigenvalue weighted by atomic mass is 31.2. The van der Waals surface area contributed by atoms with Crippen molar-refractivity contribution >= 4 is 20.0 Å². The van der Waals surface area contributed by atoms with Crippen LogP contribution in [0.3, 0.4) is 0 Å². The van der Waals surface area contributed by atoms with Crippen LogP contribution < -0.4 is 5.32 Å². The molecule has 0 bridgehead atoms. The topological polar surface area (TPSA) is 98.1 Å². The largest absolute Gasteiger partial charge is 0.419 e. The molecule has 0 heterocycles. The smallest absolute Gasteiger partial charge is 0.391 e. The Balaban J connectivity index is 2.17. The molecular formula is C12H12N3O3P. The van der Waals surface area contributed by atoms with E-state index in [1.54, 1.807) is 6.08 Å². The summed E-state index contributed by atoms with van der Waals surface area (Å²) in [6, 6.07) is 9.50. The van der Waals surface area contributed by atoms with Crippen molar-refractivity contribution in [2.24, 2.45) is 0 Å². The third-order valence-corrected chi connectivity index (χ3v) is 2.81. The van der Waals surface area contributed by atoms with Crippen molar-refractivity contribution in [3.05, 3.63) is 59.5 Å². The summed E-state index contributed by atoms with van der Waals surface area (Å²) >= 11 is 0. The minimum absolute atomic E-state index is 0.138. The first kappa shape index (κ1) is 13.5. The van der Waals surface area contributed by atoms with Crippen molar-refractivity contribution in [3.8, 4) is 0 Å². The van der Waals surface area contributed by atoms with Gasteiger partial charge in [0.25, 0.3) is 0 Å². The molecule has 1 aromatic rings. The lowest BCUT2D eigenvalue weighted by Gasteiger charge is -2.13. The summed E-state index contributed by atoms with van der Waals surface area (Å²) in [5.74, 6) is 0.138. The fraction of sp³-hybridized carbons (Fsp3) is 0.0833.